The zero-order chi connectivity index (χ0) is 15.8. The lowest BCUT2D eigenvalue weighted by Crippen LogP contribution is -2.51. The quantitative estimate of drug-likeness (QED) is 0.669. The lowest BCUT2D eigenvalue weighted by atomic mass is 9.96. The van der Waals surface area contributed by atoms with Crippen molar-refractivity contribution in [3.8, 4) is 0 Å². The Kier molecular flexibility index (Phi) is 6.96. The molecular formula is C16H30N4O2. The normalized spacial score (nSPS) is 23.1. The molecule has 22 heavy (non-hydrogen) atoms. The van der Waals surface area contributed by atoms with Crippen molar-refractivity contribution in [3.05, 3.63) is 0 Å². The first kappa shape index (κ1) is 17.1. The van der Waals surface area contributed by atoms with Crippen LogP contribution in [0.4, 0.5) is 4.79 Å². The van der Waals surface area contributed by atoms with Crippen molar-refractivity contribution in [1.82, 2.24) is 20.9 Å². The number of piperazine rings is 1. The summed E-state index contributed by atoms with van der Waals surface area (Å²) in [5.74, 6) is 0.197. The summed E-state index contributed by atoms with van der Waals surface area (Å²) in [7, 11) is 0. The largest absolute Gasteiger partial charge is 0.340 e. The molecular weight excluding hydrogens is 280 g/mol. The van der Waals surface area contributed by atoms with E-state index in [0.29, 0.717) is 31.5 Å². The molecule has 1 heterocycles. The molecule has 0 aromatic carbocycles. The number of carbonyl (C=O) groups is 2. The number of nitrogens with one attached hydrogen (secondary N) is 3. The SMILES string of the molecule is CC1CN(C(=O)CCCNC(=O)NC2CCCCC2)CCN1. The molecule has 2 fully saturated rings. The van der Waals surface area contributed by atoms with Crippen molar-refractivity contribution in [2.45, 2.75) is 64.0 Å². The third-order valence-corrected chi connectivity index (χ3v) is 4.51. The molecule has 0 bridgehead atoms. The highest BCUT2D eigenvalue weighted by Gasteiger charge is 2.20. The maximum absolute atomic E-state index is 12.1. The van der Waals surface area contributed by atoms with E-state index in [-0.39, 0.29) is 11.9 Å². The lowest BCUT2D eigenvalue weighted by Gasteiger charge is -2.32. The Balaban J connectivity index is 1.54. The molecule has 2 aliphatic rings. The Morgan fingerprint density at radius 2 is 2.00 bits per heavy atom. The molecule has 3 amide bonds. The van der Waals surface area contributed by atoms with Gasteiger partial charge in [-0.25, -0.2) is 4.79 Å². The first-order valence-electron chi connectivity index (χ1n) is 8.70. The van der Waals surface area contributed by atoms with E-state index < -0.39 is 0 Å². The van der Waals surface area contributed by atoms with Gasteiger partial charge in [0.1, 0.15) is 0 Å². The van der Waals surface area contributed by atoms with Gasteiger partial charge < -0.3 is 20.9 Å². The molecule has 0 aromatic rings. The van der Waals surface area contributed by atoms with E-state index in [0.717, 1.165) is 32.5 Å². The van der Waals surface area contributed by atoms with Crippen LogP contribution in [0.15, 0.2) is 0 Å². The number of hydrogen-bond acceptors (Lipinski definition) is 3. The Labute approximate surface area is 133 Å². The summed E-state index contributed by atoms with van der Waals surface area (Å²) >= 11 is 0. The number of hydrogen-bond donors (Lipinski definition) is 3. The van der Waals surface area contributed by atoms with Gasteiger partial charge >= 0.3 is 6.03 Å². The summed E-state index contributed by atoms with van der Waals surface area (Å²) < 4.78 is 0. The summed E-state index contributed by atoms with van der Waals surface area (Å²) in [6.07, 6.45) is 7.10. The molecule has 1 atom stereocenters. The molecule has 1 saturated heterocycles. The molecule has 1 aliphatic heterocycles. The fourth-order valence-electron chi connectivity index (χ4n) is 3.24. The average Bonchev–Trinajstić information content (AvgIpc) is 2.52. The smallest absolute Gasteiger partial charge is 0.315 e. The van der Waals surface area contributed by atoms with Gasteiger partial charge in [-0.15, -0.1) is 0 Å². The second-order valence-corrected chi connectivity index (χ2v) is 6.53. The van der Waals surface area contributed by atoms with Crippen LogP contribution < -0.4 is 16.0 Å². The van der Waals surface area contributed by atoms with Gasteiger partial charge in [-0.1, -0.05) is 19.3 Å². The van der Waals surface area contributed by atoms with E-state index in [1.807, 2.05) is 4.90 Å². The van der Waals surface area contributed by atoms with Crippen LogP contribution >= 0.6 is 0 Å². The Morgan fingerprint density at radius 3 is 2.73 bits per heavy atom. The average molecular weight is 310 g/mol. The minimum Gasteiger partial charge on any atom is -0.340 e. The fraction of sp³-hybridized carbons (Fsp3) is 0.875. The maximum Gasteiger partial charge on any atom is 0.315 e. The number of amides is 3. The summed E-state index contributed by atoms with van der Waals surface area (Å²) in [6, 6.07) is 0.616. The number of carbonyl (C=O) groups excluding carboxylic acids is 2. The first-order chi connectivity index (χ1) is 10.6. The van der Waals surface area contributed by atoms with Crippen LogP contribution in [0.5, 0.6) is 0 Å². The van der Waals surface area contributed by atoms with Crippen LogP contribution in [0.25, 0.3) is 0 Å². The van der Waals surface area contributed by atoms with E-state index in [1.165, 1.54) is 19.3 Å². The fourth-order valence-corrected chi connectivity index (χ4v) is 3.24. The highest BCUT2D eigenvalue weighted by molar-refractivity contribution is 5.76. The number of urea groups is 1. The number of nitrogens with zero attached hydrogens (tertiary/aromatic N) is 1. The standard InChI is InChI=1S/C16H30N4O2/c1-13-12-20(11-10-17-13)15(21)8-5-9-18-16(22)19-14-6-3-2-4-7-14/h13-14,17H,2-12H2,1H3,(H2,18,19,22). The predicted octanol–water partition coefficient (Wildman–Crippen LogP) is 1.22. The molecule has 2 rings (SSSR count). The Bertz CT molecular complexity index is 369. The van der Waals surface area contributed by atoms with Gasteiger partial charge in [-0.3, -0.25) is 4.79 Å². The third-order valence-electron chi connectivity index (χ3n) is 4.51. The summed E-state index contributed by atoms with van der Waals surface area (Å²) in [5, 5.41) is 9.21. The number of rotatable bonds is 5. The zero-order valence-corrected chi connectivity index (χ0v) is 13.7. The third kappa shape index (κ3) is 5.83. The van der Waals surface area contributed by atoms with Gasteiger partial charge in [-0.2, -0.15) is 0 Å². The van der Waals surface area contributed by atoms with E-state index in [4.69, 9.17) is 0 Å². The van der Waals surface area contributed by atoms with Crippen molar-refractivity contribution in [2.24, 2.45) is 0 Å². The maximum atomic E-state index is 12.1. The lowest BCUT2D eigenvalue weighted by molar-refractivity contribution is -0.132. The molecule has 1 saturated carbocycles. The highest BCUT2D eigenvalue weighted by Crippen LogP contribution is 2.17. The molecule has 6 heteroatoms. The van der Waals surface area contributed by atoms with E-state index >= 15 is 0 Å². The topological polar surface area (TPSA) is 73.5 Å². The van der Waals surface area contributed by atoms with Crippen LogP contribution in [0, 0.1) is 0 Å². The molecule has 0 aromatic heterocycles. The van der Waals surface area contributed by atoms with Gasteiger partial charge in [-0.05, 0) is 26.2 Å². The van der Waals surface area contributed by atoms with Crippen molar-refractivity contribution in [1.29, 1.82) is 0 Å². The van der Waals surface area contributed by atoms with E-state index in [1.54, 1.807) is 0 Å². The monoisotopic (exact) mass is 310 g/mol. The van der Waals surface area contributed by atoms with Gasteiger partial charge in [0.15, 0.2) is 0 Å². The molecule has 6 nitrogen and oxygen atoms in total. The summed E-state index contributed by atoms with van der Waals surface area (Å²) in [5.41, 5.74) is 0. The minimum absolute atomic E-state index is 0.0878. The van der Waals surface area contributed by atoms with Gasteiger partial charge in [0.05, 0.1) is 0 Å². The van der Waals surface area contributed by atoms with Crippen molar-refractivity contribution in [3.63, 3.8) is 0 Å². The second-order valence-electron chi connectivity index (χ2n) is 6.53. The minimum atomic E-state index is -0.0878. The molecule has 0 spiro atoms. The molecule has 3 N–H and O–H groups in total. The predicted molar refractivity (Wildman–Crippen MR) is 86.7 cm³/mol. The van der Waals surface area contributed by atoms with Crippen LogP contribution in [0.2, 0.25) is 0 Å². The molecule has 1 unspecified atom stereocenters. The highest BCUT2D eigenvalue weighted by atomic mass is 16.2. The van der Waals surface area contributed by atoms with Crippen LogP contribution in [-0.2, 0) is 4.79 Å². The van der Waals surface area contributed by atoms with Crippen molar-refractivity contribution >= 4 is 11.9 Å². The van der Waals surface area contributed by atoms with Gasteiger partial charge in [0, 0.05) is 44.7 Å². The zero-order valence-electron chi connectivity index (χ0n) is 13.7. The molecule has 1 aliphatic carbocycles. The molecule has 0 radical (unpaired) electrons. The first-order valence-corrected chi connectivity index (χ1v) is 8.70. The van der Waals surface area contributed by atoms with Gasteiger partial charge in [0.25, 0.3) is 0 Å². The van der Waals surface area contributed by atoms with Crippen LogP contribution in [0.3, 0.4) is 0 Å². The van der Waals surface area contributed by atoms with Gasteiger partial charge in [0.2, 0.25) is 5.91 Å². The molecule has 126 valence electrons. The van der Waals surface area contributed by atoms with Crippen molar-refractivity contribution < 1.29 is 9.59 Å². The summed E-state index contributed by atoms with van der Waals surface area (Å²) in [6.45, 7) is 5.10. The van der Waals surface area contributed by atoms with Crippen LogP contribution in [-0.4, -0.2) is 55.1 Å². The summed E-state index contributed by atoms with van der Waals surface area (Å²) in [4.78, 5) is 25.8. The Morgan fingerprint density at radius 1 is 1.23 bits per heavy atom. The van der Waals surface area contributed by atoms with Crippen LogP contribution in [0.1, 0.15) is 51.9 Å². The van der Waals surface area contributed by atoms with Crippen molar-refractivity contribution in [2.75, 3.05) is 26.2 Å². The Hall–Kier alpha value is -1.30. The van der Waals surface area contributed by atoms with E-state index in [9.17, 15) is 9.59 Å². The second kappa shape index (κ2) is 8.98. The van der Waals surface area contributed by atoms with E-state index in [2.05, 4.69) is 22.9 Å².